The quantitative estimate of drug-likeness (QED) is 0.635. The standard InChI is InChI=1S/C12H19FN2O3S/c1-9-3-4-11(13)7-12(9)19(17,18)15-6-5-14-8-10(2)16/h3-4,7,10,14-16H,5-6,8H2,1-2H3. The Morgan fingerprint density at radius 1 is 1.37 bits per heavy atom. The first-order valence-electron chi connectivity index (χ1n) is 5.97. The Bertz CT molecular complexity index is 518. The van der Waals surface area contributed by atoms with Crippen molar-refractivity contribution in [3.63, 3.8) is 0 Å². The van der Waals surface area contributed by atoms with E-state index in [2.05, 4.69) is 10.0 Å². The Morgan fingerprint density at radius 3 is 2.68 bits per heavy atom. The van der Waals surface area contributed by atoms with Gasteiger partial charge in [0.2, 0.25) is 10.0 Å². The number of aliphatic hydroxyl groups excluding tert-OH is 1. The van der Waals surface area contributed by atoms with Gasteiger partial charge in [0.15, 0.2) is 0 Å². The van der Waals surface area contributed by atoms with Crippen LogP contribution >= 0.6 is 0 Å². The van der Waals surface area contributed by atoms with Crippen LogP contribution in [0.2, 0.25) is 0 Å². The van der Waals surface area contributed by atoms with Crippen LogP contribution in [0.15, 0.2) is 23.1 Å². The molecule has 0 fully saturated rings. The summed E-state index contributed by atoms with van der Waals surface area (Å²) in [6, 6.07) is 3.65. The predicted molar refractivity (Wildman–Crippen MR) is 70.9 cm³/mol. The number of halogens is 1. The SMILES string of the molecule is Cc1ccc(F)cc1S(=O)(=O)NCCNCC(C)O. The molecule has 19 heavy (non-hydrogen) atoms. The first-order valence-corrected chi connectivity index (χ1v) is 7.46. The van der Waals surface area contributed by atoms with Crippen molar-refractivity contribution in [1.82, 2.24) is 10.0 Å². The molecule has 1 aromatic rings. The summed E-state index contributed by atoms with van der Waals surface area (Å²) in [6.07, 6.45) is -0.484. The molecule has 0 amide bonds. The minimum absolute atomic E-state index is 0.0528. The van der Waals surface area contributed by atoms with Gasteiger partial charge in [-0.2, -0.15) is 0 Å². The van der Waals surface area contributed by atoms with Crippen LogP contribution in [-0.4, -0.2) is 39.3 Å². The van der Waals surface area contributed by atoms with Crippen LogP contribution < -0.4 is 10.0 Å². The van der Waals surface area contributed by atoms with Crippen molar-refractivity contribution in [2.45, 2.75) is 24.8 Å². The molecule has 0 aliphatic carbocycles. The van der Waals surface area contributed by atoms with Gasteiger partial charge in [0.1, 0.15) is 5.82 Å². The van der Waals surface area contributed by atoms with E-state index in [1.54, 1.807) is 13.8 Å². The van der Waals surface area contributed by atoms with Gasteiger partial charge in [-0.1, -0.05) is 6.07 Å². The Balaban J connectivity index is 2.59. The highest BCUT2D eigenvalue weighted by Gasteiger charge is 2.16. The molecule has 1 rings (SSSR count). The third kappa shape index (κ3) is 5.23. The largest absolute Gasteiger partial charge is 0.392 e. The molecule has 0 saturated heterocycles. The monoisotopic (exact) mass is 290 g/mol. The van der Waals surface area contributed by atoms with E-state index >= 15 is 0 Å². The third-order valence-corrected chi connectivity index (χ3v) is 4.08. The molecule has 3 N–H and O–H groups in total. The van der Waals surface area contributed by atoms with Crippen molar-refractivity contribution in [2.24, 2.45) is 0 Å². The zero-order chi connectivity index (χ0) is 14.5. The molecule has 0 heterocycles. The minimum Gasteiger partial charge on any atom is -0.392 e. The van der Waals surface area contributed by atoms with E-state index in [-0.39, 0.29) is 11.4 Å². The Hall–Kier alpha value is -1.02. The molecular weight excluding hydrogens is 271 g/mol. The summed E-state index contributed by atoms with van der Waals surface area (Å²) in [4.78, 5) is -0.0528. The molecule has 108 valence electrons. The van der Waals surface area contributed by atoms with Crippen molar-refractivity contribution in [3.05, 3.63) is 29.6 Å². The summed E-state index contributed by atoms with van der Waals surface area (Å²) in [5, 5.41) is 11.9. The topological polar surface area (TPSA) is 78.4 Å². The summed E-state index contributed by atoms with van der Waals surface area (Å²) in [5.74, 6) is -0.585. The fraction of sp³-hybridized carbons (Fsp3) is 0.500. The highest BCUT2D eigenvalue weighted by molar-refractivity contribution is 7.89. The second-order valence-corrected chi connectivity index (χ2v) is 6.10. The average Bonchev–Trinajstić information content (AvgIpc) is 2.31. The number of hydrogen-bond donors (Lipinski definition) is 3. The van der Waals surface area contributed by atoms with Crippen molar-refractivity contribution < 1.29 is 17.9 Å². The van der Waals surface area contributed by atoms with Crippen LogP contribution in [0.3, 0.4) is 0 Å². The molecule has 7 heteroatoms. The van der Waals surface area contributed by atoms with Crippen molar-refractivity contribution >= 4 is 10.0 Å². The fourth-order valence-corrected chi connectivity index (χ4v) is 2.81. The number of benzene rings is 1. The number of hydrogen-bond acceptors (Lipinski definition) is 4. The molecule has 1 aromatic carbocycles. The van der Waals surface area contributed by atoms with Gasteiger partial charge in [0, 0.05) is 19.6 Å². The molecule has 0 saturated carbocycles. The first-order chi connectivity index (χ1) is 8.83. The summed E-state index contributed by atoms with van der Waals surface area (Å²) in [6.45, 7) is 4.19. The van der Waals surface area contributed by atoms with Gasteiger partial charge >= 0.3 is 0 Å². The Labute approximate surface area is 112 Å². The zero-order valence-electron chi connectivity index (χ0n) is 11.0. The molecule has 0 spiro atoms. The molecule has 0 bridgehead atoms. The molecule has 0 radical (unpaired) electrons. The lowest BCUT2D eigenvalue weighted by Gasteiger charge is -2.10. The second-order valence-electron chi connectivity index (χ2n) is 4.36. The van der Waals surface area contributed by atoms with Gasteiger partial charge in [0.05, 0.1) is 11.0 Å². The molecule has 1 atom stereocenters. The molecule has 0 aromatic heterocycles. The molecule has 0 aliphatic heterocycles. The van der Waals surface area contributed by atoms with E-state index in [9.17, 15) is 12.8 Å². The zero-order valence-corrected chi connectivity index (χ0v) is 11.8. The Kier molecular flexibility index (Phi) is 5.86. The number of aliphatic hydroxyl groups is 1. The second kappa shape index (κ2) is 6.95. The maximum Gasteiger partial charge on any atom is 0.240 e. The van der Waals surface area contributed by atoms with Gasteiger partial charge in [-0.25, -0.2) is 17.5 Å². The van der Waals surface area contributed by atoms with E-state index in [0.29, 0.717) is 18.7 Å². The molecule has 1 unspecified atom stereocenters. The van der Waals surface area contributed by atoms with Crippen LogP contribution in [0.5, 0.6) is 0 Å². The van der Waals surface area contributed by atoms with Gasteiger partial charge in [0.25, 0.3) is 0 Å². The van der Waals surface area contributed by atoms with Crippen LogP contribution in [0.25, 0.3) is 0 Å². The lowest BCUT2D eigenvalue weighted by Crippen LogP contribution is -2.34. The number of nitrogens with one attached hydrogen (secondary N) is 2. The number of sulfonamides is 1. The van der Waals surface area contributed by atoms with Crippen LogP contribution in [0.4, 0.5) is 4.39 Å². The predicted octanol–water partition coefficient (Wildman–Crippen LogP) is 0.383. The van der Waals surface area contributed by atoms with E-state index < -0.39 is 21.9 Å². The number of rotatable bonds is 7. The lowest BCUT2D eigenvalue weighted by molar-refractivity contribution is 0.192. The van der Waals surface area contributed by atoms with Crippen molar-refractivity contribution in [3.8, 4) is 0 Å². The lowest BCUT2D eigenvalue weighted by atomic mass is 10.2. The maximum absolute atomic E-state index is 13.1. The van der Waals surface area contributed by atoms with Crippen molar-refractivity contribution in [1.29, 1.82) is 0 Å². The van der Waals surface area contributed by atoms with E-state index in [1.165, 1.54) is 12.1 Å². The van der Waals surface area contributed by atoms with Gasteiger partial charge in [-0.05, 0) is 31.5 Å². The van der Waals surface area contributed by atoms with Gasteiger partial charge in [-0.15, -0.1) is 0 Å². The fourth-order valence-electron chi connectivity index (χ4n) is 1.53. The number of aryl methyl sites for hydroxylation is 1. The first kappa shape index (κ1) is 16.0. The minimum atomic E-state index is -3.71. The van der Waals surface area contributed by atoms with Crippen molar-refractivity contribution in [2.75, 3.05) is 19.6 Å². The van der Waals surface area contributed by atoms with Gasteiger partial charge in [-0.3, -0.25) is 0 Å². The molecule has 5 nitrogen and oxygen atoms in total. The van der Waals surface area contributed by atoms with Crippen LogP contribution in [0.1, 0.15) is 12.5 Å². The summed E-state index contributed by atoms with van der Waals surface area (Å²) < 4.78 is 39.4. The smallest absolute Gasteiger partial charge is 0.240 e. The maximum atomic E-state index is 13.1. The summed E-state index contributed by atoms with van der Waals surface area (Å²) >= 11 is 0. The van der Waals surface area contributed by atoms with E-state index in [1.807, 2.05) is 0 Å². The van der Waals surface area contributed by atoms with E-state index in [4.69, 9.17) is 5.11 Å². The molecular formula is C12H19FN2O3S. The van der Waals surface area contributed by atoms with Crippen LogP contribution in [-0.2, 0) is 10.0 Å². The van der Waals surface area contributed by atoms with Crippen LogP contribution in [0, 0.1) is 12.7 Å². The molecule has 0 aliphatic rings. The Morgan fingerprint density at radius 2 is 2.05 bits per heavy atom. The van der Waals surface area contributed by atoms with Gasteiger partial charge < -0.3 is 10.4 Å². The summed E-state index contributed by atoms with van der Waals surface area (Å²) in [5.41, 5.74) is 0.492. The highest BCUT2D eigenvalue weighted by atomic mass is 32.2. The third-order valence-electron chi connectivity index (χ3n) is 2.47. The highest BCUT2D eigenvalue weighted by Crippen LogP contribution is 2.15. The normalized spacial score (nSPS) is 13.5. The van der Waals surface area contributed by atoms with E-state index in [0.717, 1.165) is 6.07 Å². The average molecular weight is 290 g/mol. The summed E-state index contributed by atoms with van der Waals surface area (Å²) in [7, 11) is -3.71.